The van der Waals surface area contributed by atoms with Crippen LogP contribution in [0.15, 0.2) is 36.7 Å². The second-order valence-electron chi connectivity index (χ2n) is 6.33. The van der Waals surface area contributed by atoms with E-state index in [1.807, 2.05) is 31.2 Å². The van der Waals surface area contributed by atoms with E-state index < -0.39 is 5.60 Å². The Morgan fingerprint density at radius 2 is 2.08 bits per heavy atom. The fourth-order valence-electron chi connectivity index (χ4n) is 2.47. The van der Waals surface area contributed by atoms with Gasteiger partial charge in [0.15, 0.2) is 0 Å². The summed E-state index contributed by atoms with van der Waals surface area (Å²) in [5, 5.41) is 17.3. The molecule has 130 valence electrons. The normalized spacial score (nSPS) is 14.7. The molecule has 0 aliphatic heterocycles. The van der Waals surface area contributed by atoms with Crippen molar-refractivity contribution in [3.05, 3.63) is 47.8 Å². The zero-order valence-electron chi connectivity index (χ0n) is 14.6. The third kappa shape index (κ3) is 4.58. The second-order valence-corrected chi connectivity index (χ2v) is 6.33. The van der Waals surface area contributed by atoms with Crippen molar-refractivity contribution in [1.82, 2.24) is 15.1 Å². The van der Waals surface area contributed by atoms with Gasteiger partial charge in [-0.15, -0.1) is 0 Å². The van der Waals surface area contributed by atoms with Crippen molar-refractivity contribution >= 4 is 5.91 Å². The number of amides is 1. The number of methoxy groups -OCH3 is 1. The van der Waals surface area contributed by atoms with Gasteiger partial charge in [0.2, 0.25) is 5.91 Å². The summed E-state index contributed by atoms with van der Waals surface area (Å²) in [6, 6.07) is 7.69. The average Bonchev–Trinajstić information content (AvgIpc) is 3.00. The predicted molar refractivity (Wildman–Crippen MR) is 91.8 cm³/mol. The van der Waals surface area contributed by atoms with E-state index in [-0.39, 0.29) is 18.4 Å². The van der Waals surface area contributed by atoms with Gasteiger partial charge < -0.3 is 15.2 Å². The molecule has 1 amide bonds. The van der Waals surface area contributed by atoms with E-state index in [0.29, 0.717) is 12.0 Å². The lowest BCUT2D eigenvalue weighted by Gasteiger charge is -2.23. The molecule has 2 aromatic rings. The van der Waals surface area contributed by atoms with Gasteiger partial charge in [0.1, 0.15) is 11.4 Å². The maximum atomic E-state index is 12.2. The van der Waals surface area contributed by atoms with Crippen LogP contribution in [-0.4, -0.2) is 34.4 Å². The standard InChI is InChI=1S/C18H25N3O3/c1-13(14-5-7-16(24-4)8-6-14)9-17(22)19-12-18(2,23)15-10-20-21(3)11-15/h5-8,10-11,13,23H,9,12H2,1-4H3,(H,19,22). The van der Waals surface area contributed by atoms with Gasteiger partial charge in [-0.3, -0.25) is 9.48 Å². The van der Waals surface area contributed by atoms with Crippen molar-refractivity contribution in [3.63, 3.8) is 0 Å². The molecule has 0 fully saturated rings. The number of hydrogen-bond acceptors (Lipinski definition) is 4. The van der Waals surface area contributed by atoms with Gasteiger partial charge in [0.05, 0.1) is 19.9 Å². The molecule has 0 radical (unpaired) electrons. The van der Waals surface area contributed by atoms with E-state index in [1.165, 1.54) is 0 Å². The average molecular weight is 331 g/mol. The van der Waals surface area contributed by atoms with Crippen molar-refractivity contribution in [1.29, 1.82) is 0 Å². The molecule has 1 aromatic carbocycles. The summed E-state index contributed by atoms with van der Waals surface area (Å²) in [6.45, 7) is 3.81. The van der Waals surface area contributed by atoms with Gasteiger partial charge in [0.25, 0.3) is 0 Å². The molecule has 0 aliphatic carbocycles. The van der Waals surface area contributed by atoms with Crippen LogP contribution in [-0.2, 0) is 17.4 Å². The van der Waals surface area contributed by atoms with Gasteiger partial charge in [-0.1, -0.05) is 19.1 Å². The van der Waals surface area contributed by atoms with Crippen LogP contribution < -0.4 is 10.1 Å². The Morgan fingerprint density at radius 3 is 2.62 bits per heavy atom. The number of nitrogens with zero attached hydrogens (tertiary/aromatic N) is 2. The first-order valence-corrected chi connectivity index (χ1v) is 7.94. The van der Waals surface area contributed by atoms with Crippen LogP contribution in [0.4, 0.5) is 0 Å². The Labute approximate surface area is 142 Å². The highest BCUT2D eigenvalue weighted by atomic mass is 16.5. The van der Waals surface area contributed by atoms with Crippen molar-refractivity contribution in [3.8, 4) is 5.75 Å². The molecular formula is C18H25N3O3. The van der Waals surface area contributed by atoms with Crippen LogP contribution in [0.2, 0.25) is 0 Å². The molecule has 2 atom stereocenters. The lowest BCUT2D eigenvalue weighted by Crippen LogP contribution is -2.38. The minimum Gasteiger partial charge on any atom is -0.497 e. The van der Waals surface area contributed by atoms with E-state index in [9.17, 15) is 9.90 Å². The highest BCUT2D eigenvalue weighted by molar-refractivity contribution is 5.76. The summed E-state index contributed by atoms with van der Waals surface area (Å²) in [6.07, 6.45) is 3.70. The van der Waals surface area contributed by atoms with E-state index in [4.69, 9.17) is 4.74 Å². The van der Waals surface area contributed by atoms with Gasteiger partial charge in [-0.05, 0) is 30.5 Å². The number of hydrogen-bond donors (Lipinski definition) is 2. The van der Waals surface area contributed by atoms with E-state index in [2.05, 4.69) is 10.4 Å². The van der Waals surface area contributed by atoms with Crippen LogP contribution in [0.1, 0.15) is 37.3 Å². The zero-order valence-corrected chi connectivity index (χ0v) is 14.6. The molecule has 2 N–H and O–H groups in total. The van der Waals surface area contributed by atoms with Crippen molar-refractivity contribution < 1.29 is 14.6 Å². The van der Waals surface area contributed by atoms with E-state index in [1.54, 1.807) is 38.2 Å². The molecule has 2 rings (SSSR count). The minimum atomic E-state index is -1.15. The first-order chi connectivity index (χ1) is 11.3. The number of benzene rings is 1. The molecule has 1 aromatic heterocycles. The number of carbonyl (C=O) groups is 1. The Bertz CT molecular complexity index is 677. The molecule has 0 bridgehead atoms. The topological polar surface area (TPSA) is 76.4 Å². The molecule has 6 heteroatoms. The maximum absolute atomic E-state index is 12.2. The quantitative estimate of drug-likeness (QED) is 0.813. The monoisotopic (exact) mass is 331 g/mol. The number of aliphatic hydroxyl groups is 1. The number of ether oxygens (including phenoxy) is 1. The lowest BCUT2D eigenvalue weighted by molar-refractivity contribution is -0.122. The Balaban J connectivity index is 1.88. The number of nitrogens with one attached hydrogen (secondary N) is 1. The Kier molecular flexibility index (Phi) is 5.62. The summed E-state index contributed by atoms with van der Waals surface area (Å²) >= 11 is 0. The zero-order chi connectivity index (χ0) is 17.7. The molecule has 0 saturated carbocycles. The Hall–Kier alpha value is -2.34. The second kappa shape index (κ2) is 7.49. The van der Waals surface area contributed by atoms with E-state index >= 15 is 0 Å². The van der Waals surface area contributed by atoms with Gasteiger partial charge in [0, 0.05) is 25.2 Å². The predicted octanol–water partition coefficient (Wildman–Crippen LogP) is 1.95. The smallest absolute Gasteiger partial charge is 0.220 e. The minimum absolute atomic E-state index is 0.0826. The highest BCUT2D eigenvalue weighted by Crippen LogP contribution is 2.22. The van der Waals surface area contributed by atoms with Crippen LogP contribution in [0.25, 0.3) is 0 Å². The fraction of sp³-hybridized carbons (Fsp3) is 0.444. The molecule has 0 spiro atoms. The number of aryl methyl sites for hydroxylation is 1. The molecule has 1 heterocycles. The van der Waals surface area contributed by atoms with Gasteiger partial charge in [-0.2, -0.15) is 5.10 Å². The third-order valence-corrected chi connectivity index (χ3v) is 4.13. The number of aromatic nitrogens is 2. The molecular weight excluding hydrogens is 306 g/mol. The van der Waals surface area contributed by atoms with Crippen molar-refractivity contribution in [2.24, 2.45) is 7.05 Å². The lowest BCUT2D eigenvalue weighted by atomic mass is 9.96. The summed E-state index contributed by atoms with van der Waals surface area (Å²) in [5.74, 6) is 0.782. The van der Waals surface area contributed by atoms with Gasteiger partial charge in [-0.25, -0.2) is 0 Å². The summed E-state index contributed by atoms with van der Waals surface area (Å²) < 4.78 is 6.76. The third-order valence-electron chi connectivity index (χ3n) is 4.13. The summed E-state index contributed by atoms with van der Waals surface area (Å²) in [5.41, 5.74) is 0.603. The van der Waals surface area contributed by atoms with Crippen LogP contribution in [0.5, 0.6) is 5.75 Å². The van der Waals surface area contributed by atoms with Crippen molar-refractivity contribution in [2.75, 3.05) is 13.7 Å². The first kappa shape index (κ1) is 18.0. The molecule has 6 nitrogen and oxygen atoms in total. The fourth-order valence-corrected chi connectivity index (χ4v) is 2.47. The highest BCUT2D eigenvalue weighted by Gasteiger charge is 2.25. The van der Waals surface area contributed by atoms with Crippen LogP contribution in [0.3, 0.4) is 0 Å². The number of carbonyl (C=O) groups excluding carboxylic acids is 1. The largest absolute Gasteiger partial charge is 0.497 e. The molecule has 2 unspecified atom stereocenters. The molecule has 24 heavy (non-hydrogen) atoms. The van der Waals surface area contributed by atoms with Crippen LogP contribution in [0, 0.1) is 0 Å². The van der Waals surface area contributed by atoms with E-state index in [0.717, 1.165) is 11.3 Å². The maximum Gasteiger partial charge on any atom is 0.220 e. The molecule has 0 aliphatic rings. The Morgan fingerprint density at radius 1 is 1.42 bits per heavy atom. The SMILES string of the molecule is COc1ccc(C(C)CC(=O)NCC(C)(O)c2cnn(C)c2)cc1. The summed E-state index contributed by atoms with van der Waals surface area (Å²) in [7, 11) is 3.41. The summed E-state index contributed by atoms with van der Waals surface area (Å²) in [4.78, 5) is 12.2. The first-order valence-electron chi connectivity index (χ1n) is 7.94. The van der Waals surface area contributed by atoms with Crippen LogP contribution >= 0.6 is 0 Å². The number of rotatable bonds is 7. The van der Waals surface area contributed by atoms with Crippen molar-refractivity contribution in [2.45, 2.75) is 31.8 Å². The molecule has 0 saturated heterocycles. The van der Waals surface area contributed by atoms with Gasteiger partial charge >= 0.3 is 0 Å².